The van der Waals surface area contributed by atoms with Crippen LogP contribution in [0.25, 0.3) is 0 Å². The predicted molar refractivity (Wildman–Crippen MR) is 69.3 cm³/mol. The number of hydrogen-bond acceptors (Lipinski definition) is 3. The average Bonchev–Trinajstić information content (AvgIpc) is 3.01. The molecule has 1 saturated carbocycles. The van der Waals surface area contributed by atoms with Crippen molar-refractivity contribution >= 4 is 14.3 Å². The molecule has 0 aromatic rings. The lowest BCUT2D eigenvalue weighted by atomic mass is 10.2. The highest BCUT2D eigenvalue weighted by molar-refractivity contribution is 6.83. The summed E-state index contributed by atoms with van der Waals surface area (Å²) in [6.07, 6.45) is 2.03. The van der Waals surface area contributed by atoms with Gasteiger partial charge in [0.2, 0.25) is 8.32 Å². The van der Waals surface area contributed by atoms with Crippen LogP contribution in [0.4, 0.5) is 0 Å². The smallest absolute Gasteiger partial charge is 0.311 e. The molecule has 2 rings (SSSR count). The summed E-state index contributed by atoms with van der Waals surface area (Å²) in [4.78, 5) is 12.3. The fourth-order valence-corrected chi connectivity index (χ4v) is 10.8. The molecule has 0 radical (unpaired) electrons. The zero-order chi connectivity index (χ0) is 12.8. The highest BCUT2D eigenvalue weighted by atomic mass is 28.4. The molecular formula is C13H24O3Si. The largest absolute Gasteiger partial charge is 0.469 e. The number of hydrogen-bond donors (Lipinski definition) is 0. The summed E-state index contributed by atoms with van der Waals surface area (Å²) in [6, 6.07) is 0. The van der Waals surface area contributed by atoms with Crippen molar-refractivity contribution in [3.05, 3.63) is 0 Å². The second kappa shape index (κ2) is 4.09. The van der Waals surface area contributed by atoms with Crippen LogP contribution >= 0.6 is 0 Å². The van der Waals surface area contributed by atoms with Gasteiger partial charge in [0.25, 0.3) is 0 Å². The molecule has 1 aliphatic carbocycles. The van der Waals surface area contributed by atoms with Crippen LogP contribution in [0.15, 0.2) is 0 Å². The molecule has 1 saturated heterocycles. The molecule has 1 heterocycles. The number of carbonyl (C=O) groups is 1. The van der Waals surface area contributed by atoms with E-state index in [2.05, 4.69) is 27.7 Å². The first kappa shape index (κ1) is 13.1. The van der Waals surface area contributed by atoms with E-state index in [4.69, 9.17) is 9.16 Å². The minimum absolute atomic E-state index is 0.00346. The van der Waals surface area contributed by atoms with Crippen molar-refractivity contribution in [2.45, 2.75) is 56.7 Å². The molecule has 98 valence electrons. The number of ether oxygens (including phenoxy) is 1. The van der Waals surface area contributed by atoms with Gasteiger partial charge in [-0.25, -0.2) is 0 Å². The molecule has 2 aliphatic rings. The molecule has 2 atom stereocenters. The lowest BCUT2D eigenvalue weighted by molar-refractivity contribution is -0.142. The molecule has 0 aromatic carbocycles. The van der Waals surface area contributed by atoms with Crippen molar-refractivity contribution in [2.75, 3.05) is 13.7 Å². The highest BCUT2D eigenvalue weighted by Gasteiger charge is 2.77. The van der Waals surface area contributed by atoms with Crippen LogP contribution in [0, 0.1) is 5.92 Å². The Morgan fingerprint density at radius 2 is 1.94 bits per heavy atom. The van der Waals surface area contributed by atoms with Crippen LogP contribution < -0.4 is 0 Å². The van der Waals surface area contributed by atoms with E-state index in [0.717, 1.165) is 19.4 Å². The van der Waals surface area contributed by atoms with Gasteiger partial charge in [-0.2, -0.15) is 0 Å². The van der Waals surface area contributed by atoms with E-state index in [0.29, 0.717) is 17.0 Å². The van der Waals surface area contributed by atoms with Gasteiger partial charge in [0.15, 0.2) is 0 Å². The van der Waals surface area contributed by atoms with Crippen molar-refractivity contribution in [2.24, 2.45) is 5.92 Å². The topological polar surface area (TPSA) is 35.5 Å². The summed E-state index contributed by atoms with van der Waals surface area (Å²) in [5.41, 5.74) is 0.929. The van der Waals surface area contributed by atoms with Crippen LogP contribution in [-0.2, 0) is 14.0 Å². The van der Waals surface area contributed by atoms with Gasteiger partial charge < -0.3 is 9.16 Å². The van der Waals surface area contributed by atoms with E-state index in [1.165, 1.54) is 7.11 Å². The maximum atomic E-state index is 12.3. The Morgan fingerprint density at radius 3 is 2.41 bits per heavy atom. The van der Waals surface area contributed by atoms with E-state index in [9.17, 15) is 4.79 Å². The minimum atomic E-state index is -2.08. The standard InChI is InChI=1S/C13H24O3Si/c1-9(2)17(10(3)4)13(12(14)15-5)8-11(13)6-7-16-17/h9-11H,6-8H2,1-5H3/t11-,13+/m1/s1. The van der Waals surface area contributed by atoms with Gasteiger partial charge in [-0.15, -0.1) is 0 Å². The third kappa shape index (κ3) is 1.46. The van der Waals surface area contributed by atoms with Gasteiger partial charge in [-0.3, -0.25) is 4.79 Å². The van der Waals surface area contributed by atoms with E-state index in [-0.39, 0.29) is 11.0 Å². The third-order valence-electron chi connectivity index (χ3n) is 4.87. The number of rotatable bonds is 3. The molecule has 3 nitrogen and oxygen atoms in total. The molecule has 0 bridgehead atoms. The summed E-state index contributed by atoms with van der Waals surface area (Å²) in [5, 5.41) is -0.234. The number of fused-ring (bicyclic) bond motifs is 1. The van der Waals surface area contributed by atoms with E-state index in [1.54, 1.807) is 0 Å². The zero-order valence-electron chi connectivity index (χ0n) is 11.6. The van der Waals surface area contributed by atoms with E-state index in [1.807, 2.05) is 0 Å². The maximum absolute atomic E-state index is 12.3. The Hall–Kier alpha value is -0.353. The van der Waals surface area contributed by atoms with Crippen molar-refractivity contribution in [1.82, 2.24) is 0 Å². The van der Waals surface area contributed by atoms with E-state index >= 15 is 0 Å². The minimum Gasteiger partial charge on any atom is -0.469 e. The summed E-state index contributed by atoms with van der Waals surface area (Å²) >= 11 is 0. The Morgan fingerprint density at radius 1 is 1.35 bits per heavy atom. The number of carbonyl (C=O) groups excluding carboxylic acids is 1. The average molecular weight is 256 g/mol. The Kier molecular flexibility index (Phi) is 3.15. The van der Waals surface area contributed by atoms with Gasteiger partial charge >= 0.3 is 5.97 Å². The molecule has 17 heavy (non-hydrogen) atoms. The molecule has 1 aliphatic heterocycles. The molecule has 0 aromatic heterocycles. The van der Waals surface area contributed by atoms with Gasteiger partial charge in [-0.1, -0.05) is 27.7 Å². The first-order valence-electron chi connectivity index (χ1n) is 6.65. The molecular weight excluding hydrogens is 232 g/mol. The normalized spacial score (nSPS) is 34.6. The second-order valence-electron chi connectivity index (χ2n) is 6.10. The molecule has 0 N–H and O–H groups in total. The van der Waals surface area contributed by atoms with Gasteiger partial charge in [0, 0.05) is 6.61 Å². The van der Waals surface area contributed by atoms with Crippen molar-refractivity contribution in [3.63, 3.8) is 0 Å². The van der Waals surface area contributed by atoms with Gasteiger partial charge in [0.05, 0.1) is 12.1 Å². The first-order chi connectivity index (χ1) is 7.93. The van der Waals surface area contributed by atoms with Crippen LogP contribution in [0.3, 0.4) is 0 Å². The lowest BCUT2D eigenvalue weighted by Gasteiger charge is -2.46. The summed E-state index contributed by atoms with van der Waals surface area (Å²) in [7, 11) is -0.561. The van der Waals surface area contributed by atoms with Crippen molar-refractivity contribution < 1.29 is 14.0 Å². The quantitative estimate of drug-likeness (QED) is 0.575. The summed E-state index contributed by atoms with van der Waals surface area (Å²) in [6.45, 7) is 9.72. The molecule has 4 heteroatoms. The maximum Gasteiger partial charge on any atom is 0.311 e. The zero-order valence-corrected chi connectivity index (χ0v) is 12.6. The monoisotopic (exact) mass is 256 g/mol. The Balaban J connectivity index is 2.45. The molecule has 0 amide bonds. The first-order valence-corrected chi connectivity index (χ1v) is 8.72. The van der Waals surface area contributed by atoms with Crippen molar-refractivity contribution in [3.8, 4) is 0 Å². The fraction of sp³-hybridized carbons (Fsp3) is 0.923. The highest BCUT2D eigenvalue weighted by Crippen LogP contribution is 2.74. The van der Waals surface area contributed by atoms with Crippen LogP contribution in [-0.4, -0.2) is 28.0 Å². The van der Waals surface area contributed by atoms with Crippen LogP contribution in [0.2, 0.25) is 16.1 Å². The Labute approximate surface area is 105 Å². The number of esters is 1. The summed E-state index contributed by atoms with van der Waals surface area (Å²) in [5.74, 6) is 0.524. The van der Waals surface area contributed by atoms with Gasteiger partial charge in [0.1, 0.15) is 0 Å². The molecule has 0 unspecified atom stereocenters. The van der Waals surface area contributed by atoms with Crippen LogP contribution in [0.5, 0.6) is 0 Å². The Bertz CT molecular complexity index is 319. The third-order valence-corrected chi connectivity index (χ3v) is 11.2. The van der Waals surface area contributed by atoms with E-state index < -0.39 is 8.32 Å². The van der Waals surface area contributed by atoms with Crippen LogP contribution in [0.1, 0.15) is 40.5 Å². The predicted octanol–water partition coefficient (Wildman–Crippen LogP) is 3.11. The fourth-order valence-electron chi connectivity index (χ4n) is 4.28. The number of methoxy groups -OCH3 is 1. The second-order valence-corrected chi connectivity index (χ2v) is 11.2. The molecule has 0 spiro atoms. The SMILES string of the molecule is COC(=O)[C@]12C[C@H]1CCO[Si]2(C(C)C)C(C)C. The van der Waals surface area contributed by atoms with Crippen molar-refractivity contribution in [1.29, 1.82) is 0 Å². The van der Waals surface area contributed by atoms with Gasteiger partial charge in [-0.05, 0) is 29.8 Å². The summed E-state index contributed by atoms with van der Waals surface area (Å²) < 4.78 is 11.4. The molecule has 2 fully saturated rings. The lowest BCUT2D eigenvalue weighted by Crippen LogP contribution is -2.56.